The molecule has 1 amide bonds. The third-order valence-corrected chi connectivity index (χ3v) is 8.23. The number of methoxy groups -OCH3 is 1. The van der Waals surface area contributed by atoms with Crippen LogP contribution in [0.2, 0.25) is 0 Å². The summed E-state index contributed by atoms with van der Waals surface area (Å²) in [5.41, 5.74) is 2.10. The van der Waals surface area contributed by atoms with Crippen molar-refractivity contribution < 1.29 is 26.4 Å². The average molecular weight is 532 g/mol. The van der Waals surface area contributed by atoms with Crippen molar-refractivity contribution in [1.82, 2.24) is 4.72 Å². The number of amides is 1. The summed E-state index contributed by atoms with van der Waals surface area (Å²) in [6.45, 7) is 6.97. The Hall–Kier alpha value is -3.41. The lowest BCUT2D eigenvalue weighted by Gasteiger charge is -2.15. The van der Waals surface area contributed by atoms with Gasteiger partial charge in [0.05, 0.1) is 28.3 Å². The van der Waals surface area contributed by atoms with Crippen LogP contribution in [0.5, 0.6) is 5.75 Å². The maximum atomic E-state index is 13.0. The summed E-state index contributed by atoms with van der Waals surface area (Å²) in [4.78, 5) is 13.1. The van der Waals surface area contributed by atoms with E-state index in [-0.39, 0.29) is 38.5 Å². The molecule has 0 heterocycles. The van der Waals surface area contributed by atoms with Crippen LogP contribution in [0, 0.1) is 13.8 Å². The number of hydrogen-bond acceptors (Lipinski definition) is 6. The van der Waals surface area contributed by atoms with Crippen LogP contribution < -0.4 is 19.5 Å². The van der Waals surface area contributed by atoms with Crippen LogP contribution in [0.1, 0.15) is 35.3 Å². The molecular formula is C25H29N3O6S2. The summed E-state index contributed by atoms with van der Waals surface area (Å²) in [6.07, 6.45) is 0. The third-order valence-electron chi connectivity index (χ3n) is 5.20. The standard InChI is InChI=1S/C25H29N3O6S2/c1-16(2)27-36(32,33)21-12-13-24(34-5)23(15-21)26-25(29)19-9-8-18(4)22(14-19)28-35(30,31)20-10-6-17(3)7-11-20/h6-16,27-28H,1-5H3,(H,26,29). The van der Waals surface area contributed by atoms with Crippen LogP contribution in [-0.4, -0.2) is 35.9 Å². The summed E-state index contributed by atoms with van der Waals surface area (Å²) in [6, 6.07) is 14.8. The summed E-state index contributed by atoms with van der Waals surface area (Å²) >= 11 is 0. The van der Waals surface area contributed by atoms with E-state index in [1.807, 2.05) is 6.92 Å². The summed E-state index contributed by atoms with van der Waals surface area (Å²) in [5, 5.41) is 2.66. The number of nitrogens with one attached hydrogen (secondary N) is 3. The van der Waals surface area contributed by atoms with Crippen LogP contribution >= 0.6 is 0 Å². The minimum Gasteiger partial charge on any atom is -0.495 e. The van der Waals surface area contributed by atoms with E-state index in [0.29, 0.717) is 5.56 Å². The molecule has 0 aromatic heterocycles. The van der Waals surface area contributed by atoms with Crippen molar-refractivity contribution in [2.45, 2.75) is 43.5 Å². The molecule has 0 atom stereocenters. The lowest BCUT2D eigenvalue weighted by atomic mass is 10.1. The first-order valence-corrected chi connectivity index (χ1v) is 14.0. The number of anilines is 2. The van der Waals surface area contributed by atoms with E-state index in [0.717, 1.165) is 5.56 Å². The second kappa shape index (κ2) is 10.7. The van der Waals surface area contributed by atoms with Crippen LogP contribution in [0.4, 0.5) is 11.4 Å². The van der Waals surface area contributed by atoms with E-state index < -0.39 is 26.0 Å². The molecule has 0 fully saturated rings. The average Bonchev–Trinajstić information content (AvgIpc) is 2.79. The molecule has 192 valence electrons. The number of aryl methyl sites for hydroxylation is 2. The predicted molar refractivity (Wildman–Crippen MR) is 140 cm³/mol. The van der Waals surface area contributed by atoms with Crippen molar-refractivity contribution >= 4 is 37.3 Å². The van der Waals surface area contributed by atoms with Crippen molar-refractivity contribution in [3.63, 3.8) is 0 Å². The van der Waals surface area contributed by atoms with E-state index in [2.05, 4.69) is 14.8 Å². The van der Waals surface area contributed by atoms with Gasteiger partial charge in [0.15, 0.2) is 0 Å². The van der Waals surface area contributed by atoms with Crippen LogP contribution in [-0.2, 0) is 20.0 Å². The third kappa shape index (κ3) is 6.42. The van der Waals surface area contributed by atoms with E-state index in [9.17, 15) is 21.6 Å². The molecular weight excluding hydrogens is 502 g/mol. The first-order valence-electron chi connectivity index (χ1n) is 11.0. The lowest BCUT2D eigenvalue weighted by Crippen LogP contribution is -2.30. The van der Waals surface area contributed by atoms with Gasteiger partial charge in [-0.3, -0.25) is 9.52 Å². The number of rotatable bonds is 9. The minimum atomic E-state index is -3.87. The number of sulfonamides is 2. The Morgan fingerprint density at radius 1 is 0.806 bits per heavy atom. The van der Waals surface area contributed by atoms with Gasteiger partial charge in [-0.2, -0.15) is 0 Å². The Balaban J connectivity index is 1.90. The molecule has 0 bridgehead atoms. The maximum absolute atomic E-state index is 13.0. The number of carbonyl (C=O) groups excluding carboxylic acids is 1. The SMILES string of the molecule is COc1ccc(S(=O)(=O)NC(C)C)cc1NC(=O)c1ccc(C)c(NS(=O)(=O)c2ccc(C)cc2)c1. The van der Waals surface area contributed by atoms with Gasteiger partial charge in [-0.15, -0.1) is 0 Å². The first kappa shape index (κ1) is 27.2. The molecule has 3 rings (SSSR count). The largest absolute Gasteiger partial charge is 0.495 e. The highest BCUT2D eigenvalue weighted by Crippen LogP contribution is 2.29. The van der Waals surface area contributed by atoms with E-state index in [1.165, 1.54) is 43.5 Å². The fourth-order valence-corrected chi connectivity index (χ4v) is 5.72. The molecule has 3 N–H and O–H groups in total. The van der Waals surface area contributed by atoms with Crippen LogP contribution in [0.25, 0.3) is 0 Å². The Morgan fingerprint density at radius 2 is 1.44 bits per heavy atom. The molecule has 0 saturated carbocycles. The molecule has 9 nitrogen and oxygen atoms in total. The molecule has 0 unspecified atom stereocenters. The molecule has 11 heteroatoms. The number of hydrogen-bond donors (Lipinski definition) is 3. The van der Waals surface area contributed by atoms with Gasteiger partial charge in [-0.25, -0.2) is 21.6 Å². The summed E-state index contributed by atoms with van der Waals surface area (Å²) < 4.78 is 61.1. The van der Waals surface area contributed by atoms with Crippen molar-refractivity contribution in [3.05, 3.63) is 77.4 Å². The van der Waals surface area contributed by atoms with Gasteiger partial charge in [-0.05, 0) is 75.7 Å². The Labute approximate surface area is 212 Å². The fourth-order valence-electron chi connectivity index (χ4n) is 3.32. The summed E-state index contributed by atoms with van der Waals surface area (Å²) in [7, 11) is -6.28. The van der Waals surface area contributed by atoms with Gasteiger partial charge in [-0.1, -0.05) is 23.8 Å². The molecule has 0 saturated heterocycles. The molecule has 0 aliphatic heterocycles. The quantitative estimate of drug-likeness (QED) is 0.382. The highest BCUT2D eigenvalue weighted by Gasteiger charge is 2.20. The van der Waals surface area contributed by atoms with E-state index in [1.54, 1.807) is 45.0 Å². The Morgan fingerprint density at radius 3 is 2.06 bits per heavy atom. The van der Waals surface area contributed by atoms with Crippen molar-refractivity contribution in [1.29, 1.82) is 0 Å². The molecule has 0 aliphatic carbocycles. The lowest BCUT2D eigenvalue weighted by molar-refractivity contribution is 0.102. The Bertz CT molecular complexity index is 1480. The van der Waals surface area contributed by atoms with Crippen LogP contribution in [0.3, 0.4) is 0 Å². The smallest absolute Gasteiger partial charge is 0.261 e. The monoisotopic (exact) mass is 531 g/mol. The van der Waals surface area contributed by atoms with Gasteiger partial charge in [0.25, 0.3) is 15.9 Å². The first-order chi connectivity index (χ1) is 16.8. The van der Waals surface area contributed by atoms with Gasteiger partial charge >= 0.3 is 0 Å². The molecule has 3 aromatic carbocycles. The topological polar surface area (TPSA) is 131 Å². The summed E-state index contributed by atoms with van der Waals surface area (Å²) in [5.74, 6) is -0.310. The number of carbonyl (C=O) groups is 1. The Kier molecular flexibility index (Phi) is 8.07. The van der Waals surface area contributed by atoms with E-state index in [4.69, 9.17) is 4.74 Å². The number of benzene rings is 3. The molecule has 0 radical (unpaired) electrons. The zero-order valence-electron chi connectivity index (χ0n) is 20.6. The van der Waals surface area contributed by atoms with Crippen molar-refractivity contribution in [2.24, 2.45) is 0 Å². The zero-order valence-corrected chi connectivity index (χ0v) is 22.2. The van der Waals surface area contributed by atoms with Gasteiger partial charge < -0.3 is 10.1 Å². The van der Waals surface area contributed by atoms with Crippen molar-refractivity contribution in [3.8, 4) is 5.75 Å². The molecule has 0 spiro atoms. The normalized spacial score (nSPS) is 11.8. The minimum absolute atomic E-state index is 0.0391. The second-order valence-corrected chi connectivity index (χ2v) is 11.9. The van der Waals surface area contributed by atoms with Gasteiger partial charge in [0, 0.05) is 11.6 Å². The van der Waals surface area contributed by atoms with Crippen molar-refractivity contribution in [2.75, 3.05) is 17.1 Å². The predicted octanol–water partition coefficient (Wildman–Crippen LogP) is 4.05. The maximum Gasteiger partial charge on any atom is 0.261 e. The highest BCUT2D eigenvalue weighted by atomic mass is 32.2. The van der Waals surface area contributed by atoms with Crippen LogP contribution in [0.15, 0.2) is 70.5 Å². The number of ether oxygens (including phenoxy) is 1. The zero-order chi connectivity index (χ0) is 26.7. The second-order valence-electron chi connectivity index (χ2n) is 8.54. The molecule has 0 aliphatic rings. The molecule has 3 aromatic rings. The van der Waals surface area contributed by atoms with E-state index >= 15 is 0 Å². The van der Waals surface area contributed by atoms with Gasteiger partial charge in [0.2, 0.25) is 10.0 Å². The molecule has 36 heavy (non-hydrogen) atoms. The fraction of sp³-hybridized carbons (Fsp3) is 0.240. The van der Waals surface area contributed by atoms with Gasteiger partial charge in [0.1, 0.15) is 5.75 Å². The highest BCUT2D eigenvalue weighted by molar-refractivity contribution is 7.92.